The molecule has 0 aromatic heterocycles. The number of rotatable bonds is 4. The third-order valence-electron chi connectivity index (χ3n) is 3.52. The highest BCUT2D eigenvalue weighted by Crippen LogP contribution is 2.23. The molecule has 4 nitrogen and oxygen atoms in total. The van der Waals surface area contributed by atoms with Gasteiger partial charge in [0.2, 0.25) is 0 Å². The molecule has 1 aromatic rings. The van der Waals surface area contributed by atoms with E-state index in [1.807, 2.05) is 18.2 Å². The molecule has 1 heterocycles. The van der Waals surface area contributed by atoms with Crippen LogP contribution in [0.25, 0.3) is 0 Å². The Morgan fingerprint density at radius 1 is 1.37 bits per heavy atom. The monoisotopic (exact) mass is 285 g/mol. The fourth-order valence-corrected chi connectivity index (χ4v) is 2.41. The highest BCUT2D eigenvalue weighted by molar-refractivity contribution is 5.85. The van der Waals surface area contributed by atoms with Crippen LogP contribution in [-0.4, -0.2) is 36.2 Å². The molecular formula is C14H20ClNO3. The third-order valence-corrected chi connectivity index (χ3v) is 3.52. The lowest BCUT2D eigenvalue weighted by Gasteiger charge is -2.30. The SMILES string of the molecule is COc1ccccc1CN1CCC(C(=O)O)CC1.Cl. The number of carbonyl (C=O) groups is 1. The second kappa shape index (κ2) is 7.36. The van der Waals surface area contributed by atoms with Crippen LogP contribution in [0.4, 0.5) is 0 Å². The van der Waals surface area contributed by atoms with Crippen molar-refractivity contribution in [2.45, 2.75) is 19.4 Å². The molecule has 1 aromatic carbocycles. The summed E-state index contributed by atoms with van der Waals surface area (Å²) in [5.41, 5.74) is 1.16. The Hall–Kier alpha value is -1.26. The minimum absolute atomic E-state index is 0. The van der Waals surface area contributed by atoms with Gasteiger partial charge in [0.05, 0.1) is 13.0 Å². The summed E-state index contributed by atoms with van der Waals surface area (Å²) in [7, 11) is 1.68. The maximum atomic E-state index is 10.9. The maximum Gasteiger partial charge on any atom is 0.306 e. The average molecular weight is 286 g/mol. The number of nitrogens with zero attached hydrogens (tertiary/aromatic N) is 1. The lowest BCUT2D eigenvalue weighted by atomic mass is 9.97. The van der Waals surface area contributed by atoms with Crippen molar-refractivity contribution in [3.05, 3.63) is 29.8 Å². The predicted octanol–water partition coefficient (Wildman–Crippen LogP) is 2.41. The Morgan fingerprint density at radius 2 is 2.00 bits per heavy atom. The molecule has 0 bridgehead atoms. The van der Waals surface area contributed by atoms with E-state index in [-0.39, 0.29) is 18.3 Å². The Labute approximate surface area is 119 Å². The summed E-state index contributed by atoms with van der Waals surface area (Å²) in [5.74, 6) is 0.0729. The second-order valence-electron chi connectivity index (χ2n) is 4.70. The first-order valence-electron chi connectivity index (χ1n) is 6.27. The molecule has 0 saturated carbocycles. The zero-order chi connectivity index (χ0) is 13.0. The zero-order valence-corrected chi connectivity index (χ0v) is 11.9. The first-order chi connectivity index (χ1) is 8.70. The highest BCUT2D eigenvalue weighted by atomic mass is 35.5. The first-order valence-corrected chi connectivity index (χ1v) is 6.27. The number of methoxy groups -OCH3 is 1. The minimum atomic E-state index is -0.660. The van der Waals surface area contributed by atoms with Crippen molar-refractivity contribution in [1.82, 2.24) is 4.90 Å². The molecule has 0 spiro atoms. The minimum Gasteiger partial charge on any atom is -0.496 e. The Balaban J connectivity index is 0.00000180. The van der Waals surface area contributed by atoms with Gasteiger partial charge in [-0.15, -0.1) is 12.4 Å². The van der Waals surface area contributed by atoms with Crippen molar-refractivity contribution in [3.63, 3.8) is 0 Å². The Kier molecular flexibility index (Phi) is 6.12. The van der Waals surface area contributed by atoms with Gasteiger partial charge in [-0.2, -0.15) is 0 Å². The van der Waals surface area contributed by atoms with Crippen LogP contribution in [0.2, 0.25) is 0 Å². The van der Waals surface area contributed by atoms with Gasteiger partial charge in [-0.3, -0.25) is 9.69 Å². The van der Waals surface area contributed by atoms with Crippen LogP contribution in [-0.2, 0) is 11.3 Å². The van der Waals surface area contributed by atoms with E-state index in [2.05, 4.69) is 11.0 Å². The number of para-hydroxylation sites is 1. The topological polar surface area (TPSA) is 49.8 Å². The summed E-state index contributed by atoms with van der Waals surface area (Å²) in [5, 5.41) is 8.96. The summed E-state index contributed by atoms with van der Waals surface area (Å²) >= 11 is 0. The third kappa shape index (κ3) is 4.11. The molecule has 19 heavy (non-hydrogen) atoms. The summed E-state index contributed by atoms with van der Waals surface area (Å²) in [6, 6.07) is 7.97. The van der Waals surface area contributed by atoms with Crippen LogP contribution in [0.3, 0.4) is 0 Å². The van der Waals surface area contributed by atoms with Crippen LogP contribution in [0.15, 0.2) is 24.3 Å². The molecule has 1 aliphatic rings. The van der Waals surface area contributed by atoms with Gasteiger partial charge < -0.3 is 9.84 Å². The van der Waals surface area contributed by atoms with E-state index in [9.17, 15) is 4.79 Å². The molecular weight excluding hydrogens is 266 g/mol. The van der Waals surface area contributed by atoms with Gasteiger partial charge in [0.15, 0.2) is 0 Å². The van der Waals surface area contributed by atoms with Crippen LogP contribution in [0, 0.1) is 5.92 Å². The van der Waals surface area contributed by atoms with Crippen molar-refractivity contribution in [2.75, 3.05) is 20.2 Å². The van der Waals surface area contributed by atoms with Crippen molar-refractivity contribution >= 4 is 18.4 Å². The Morgan fingerprint density at radius 3 is 2.58 bits per heavy atom. The smallest absolute Gasteiger partial charge is 0.306 e. The summed E-state index contributed by atoms with van der Waals surface area (Å²) in [6.45, 7) is 2.51. The summed E-state index contributed by atoms with van der Waals surface area (Å²) in [4.78, 5) is 13.2. The number of carboxylic acid groups (broad SMARTS) is 1. The number of ether oxygens (including phenoxy) is 1. The lowest BCUT2D eigenvalue weighted by Crippen LogP contribution is -2.35. The van der Waals surface area contributed by atoms with Crippen molar-refractivity contribution in [1.29, 1.82) is 0 Å². The highest BCUT2D eigenvalue weighted by Gasteiger charge is 2.24. The van der Waals surface area contributed by atoms with Gasteiger partial charge >= 0.3 is 5.97 Å². The molecule has 1 fully saturated rings. The number of halogens is 1. The molecule has 0 radical (unpaired) electrons. The normalized spacial score (nSPS) is 16.7. The van der Waals surface area contributed by atoms with Crippen LogP contribution in [0.5, 0.6) is 5.75 Å². The van der Waals surface area contributed by atoms with Crippen molar-refractivity contribution < 1.29 is 14.6 Å². The quantitative estimate of drug-likeness (QED) is 0.923. The molecule has 0 unspecified atom stereocenters. The van der Waals surface area contributed by atoms with Gasteiger partial charge in [0.25, 0.3) is 0 Å². The second-order valence-corrected chi connectivity index (χ2v) is 4.70. The van der Waals surface area contributed by atoms with E-state index >= 15 is 0 Å². The van der Waals surface area contributed by atoms with E-state index in [1.165, 1.54) is 0 Å². The van der Waals surface area contributed by atoms with Crippen LogP contribution < -0.4 is 4.74 Å². The molecule has 2 rings (SSSR count). The lowest BCUT2D eigenvalue weighted by molar-refractivity contribution is -0.143. The first kappa shape index (κ1) is 15.8. The number of piperidine rings is 1. The van der Waals surface area contributed by atoms with Crippen molar-refractivity contribution in [3.8, 4) is 5.75 Å². The number of aliphatic carboxylic acids is 1. The average Bonchev–Trinajstić information content (AvgIpc) is 2.40. The van der Waals surface area contributed by atoms with Gasteiger partial charge in [-0.05, 0) is 32.0 Å². The number of likely N-dealkylation sites (tertiary alicyclic amines) is 1. The van der Waals surface area contributed by atoms with Crippen LogP contribution >= 0.6 is 12.4 Å². The van der Waals surface area contributed by atoms with E-state index in [0.717, 1.165) is 43.8 Å². The van der Waals surface area contributed by atoms with E-state index < -0.39 is 5.97 Å². The van der Waals surface area contributed by atoms with Gasteiger partial charge in [0.1, 0.15) is 5.75 Å². The fourth-order valence-electron chi connectivity index (χ4n) is 2.41. The van der Waals surface area contributed by atoms with E-state index in [0.29, 0.717) is 0 Å². The summed E-state index contributed by atoms with van der Waals surface area (Å²) < 4.78 is 5.33. The van der Waals surface area contributed by atoms with Crippen LogP contribution in [0.1, 0.15) is 18.4 Å². The number of hydrogen-bond acceptors (Lipinski definition) is 3. The number of hydrogen-bond donors (Lipinski definition) is 1. The number of carboxylic acids is 1. The molecule has 0 atom stereocenters. The summed E-state index contributed by atoms with van der Waals surface area (Å²) in [6.07, 6.45) is 1.48. The molecule has 5 heteroatoms. The predicted molar refractivity (Wildman–Crippen MR) is 75.9 cm³/mol. The van der Waals surface area contributed by atoms with E-state index in [1.54, 1.807) is 7.11 Å². The maximum absolute atomic E-state index is 10.9. The fraction of sp³-hybridized carbons (Fsp3) is 0.500. The van der Waals surface area contributed by atoms with Gasteiger partial charge in [-0.1, -0.05) is 18.2 Å². The largest absolute Gasteiger partial charge is 0.496 e. The molecule has 1 aliphatic heterocycles. The zero-order valence-electron chi connectivity index (χ0n) is 11.0. The van der Waals surface area contributed by atoms with Gasteiger partial charge in [0, 0.05) is 12.1 Å². The number of benzene rings is 1. The molecule has 106 valence electrons. The van der Waals surface area contributed by atoms with Crippen molar-refractivity contribution in [2.24, 2.45) is 5.92 Å². The Bertz CT molecular complexity index is 417. The van der Waals surface area contributed by atoms with Gasteiger partial charge in [-0.25, -0.2) is 0 Å². The standard InChI is InChI=1S/C14H19NO3.ClH/c1-18-13-5-3-2-4-12(13)10-15-8-6-11(7-9-15)14(16)17;/h2-5,11H,6-10H2,1H3,(H,16,17);1H. The molecule has 1 N–H and O–H groups in total. The molecule has 0 amide bonds. The van der Waals surface area contributed by atoms with E-state index in [4.69, 9.17) is 9.84 Å². The molecule has 1 saturated heterocycles. The molecule has 0 aliphatic carbocycles.